The molecule has 1 aromatic carbocycles. The summed E-state index contributed by atoms with van der Waals surface area (Å²) in [5, 5.41) is 1.15. The van der Waals surface area contributed by atoms with Crippen molar-refractivity contribution in [2.45, 2.75) is 37.6 Å². The Kier molecular flexibility index (Phi) is 4.66. The number of hydrogen-bond donors (Lipinski definition) is 2. The van der Waals surface area contributed by atoms with Crippen LogP contribution < -0.4 is 11.3 Å². The third-order valence-electron chi connectivity index (χ3n) is 3.67. The molecule has 0 heterocycles. The second kappa shape index (κ2) is 5.92. The minimum Gasteiger partial charge on any atom is -0.271 e. The zero-order valence-electron chi connectivity index (χ0n) is 10.3. The van der Waals surface area contributed by atoms with Crippen LogP contribution in [-0.4, -0.2) is 12.0 Å². The van der Waals surface area contributed by atoms with Crippen LogP contribution in [0.3, 0.4) is 0 Å². The fourth-order valence-electron chi connectivity index (χ4n) is 2.63. The molecule has 1 aromatic rings. The fraction of sp³-hybridized carbons (Fsp3) is 0.538. The van der Waals surface area contributed by atoms with Gasteiger partial charge in [0.1, 0.15) is 0 Å². The van der Waals surface area contributed by atoms with Crippen molar-refractivity contribution in [2.75, 3.05) is 0 Å². The highest BCUT2D eigenvalue weighted by Gasteiger charge is 2.42. The van der Waals surface area contributed by atoms with E-state index in [1.54, 1.807) is 18.2 Å². The molecular formula is C13H16Cl2F2N2. The van der Waals surface area contributed by atoms with Crippen molar-refractivity contribution < 1.29 is 8.78 Å². The van der Waals surface area contributed by atoms with Crippen molar-refractivity contribution in [1.29, 1.82) is 0 Å². The van der Waals surface area contributed by atoms with Gasteiger partial charge >= 0.3 is 0 Å². The monoisotopic (exact) mass is 308 g/mol. The van der Waals surface area contributed by atoms with Crippen LogP contribution in [0.2, 0.25) is 10.0 Å². The largest absolute Gasteiger partial charge is 0.271 e. The Labute approximate surface area is 121 Å². The summed E-state index contributed by atoms with van der Waals surface area (Å²) in [5.41, 5.74) is 3.47. The molecule has 3 N–H and O–H groups in total. The molecule has 6 heteroatoms. The molecule has 2 rings (SSSR count). The summed E-state index contributed by atoms with van der Waals surface area (Å²) in [7, 11) is 0. The van der Waals surface area contributed by atoms with Gasteiger partial charge in [-0.3, -0.25) is 11.3 Å². The van der Waals surface area contributed by atoms with E-state index in [4.69, 9.17) is 29.0 Å². The zero-order chi connectivity index (χ0) is 14.0. The quantitative estimate of drug-likeness (QED) is 0.656. The van der Waals surface area contributed by atoms with E-state index in [1.165, 1.54) is 0 Å². The molecule has 2 nitrogen and oxygen atoms in total. The first kappa shape index (κ1) is 15.0. The summed E-state index contributed by atoms with van der Waals surface area (Å²) >= 11 is 12.0. The molecule has 0 saturated heterocycles. The van der Waals surface area contributed by atoms with E-state index in [-0.39, 0.29) is 24.8 Å². The molecule has 2 atom stereocenters. The van der Waals surface area contributed by atoms with Gasteiger partial charge in [0.15, 0.2) is 0 Å². The predicted molar refractivity (Wildman–Crippen MR) is 73.6 cm³/mol. The maximum Gasteiger partial charge on any atom is 0.248 e. The van der Waals surface area contributed by atoms with Crippen LogP contribution in [0.5, 0.6) is 0 Å². The van der Waals surface area contributed by atoms with E-state index < -0.39 is 5.92 Å². The summed E-state index contributed by atoms with van der Waals surface area (Å²) in [6.07, 6.45) is 0.774. The smallest absolute Gasteiger partial charge is 0.248 e. The SMILES string of the molecule is NNC(Cc1cc(Cl)ccc1Cl)C1CCC(F)(F)C1. The lowest BCUT2D eigenvalue weighted by molar-refractivity contribution is 0.00331. The number of alkyl halides is 2. The van der Waals surface area contributed by atoms with Crippen LogP contribution in [0.1, 0.15) is 24.8 Å². The van der Waals surface area contributed by atoms with Gasteiger partial charge in [-0.15, -0.1) is 0 Å². The van der Waals surface area contributed by atoms with Crippen molar-refractivity contribution in [2.24, 2.45) is 11.8 Å². The molecule has 0 spiro atoms. The molecular weight excluding hydrogens is 293 g/mol. The molecule has 1 fully saturated rings. The summed E-state index contributed by atoms with van der Waals surface area (Å²) in [6.45, 7) is 0. The fourth-order valence-corrected chi connectivity index (χ4v) is 3.02. The van der Waals surface area contributed by atoms with Crippen molar-refractivity contribution >= 4 is 23.2 Å². The Balaban J connectivity index is 2.09. The molecule has 19 heavy (non-hydrogen) atoms. The Morgan fingerprint density at radius 1 is 1.42 bits per heavy atom. The number of halogens is 4. The molecule has 2 unspecified atom stereocenters. The van der Waals surface area contributed by atoms with Gasteiger partial charge < -0.3 is 0 Å². The van der Waals surface area contributed by atoms with E-state index in [0.29, 0.717) is 22.9 Å². The number of benzene rings is 1. The van der Waals surface area contributed by atoms with Crippen LogP contribution in [0, 0.1) is 5.92 Å². The Bertz CT molecular complexity index is 454. The maximum atomic E-state index is 13.3. The maximum absolute atomic E-state index is 13.3. The van der Waals surface area contributed by atoms with Crippen LogP contribution in [-0.2, 0) is 6.42 Å². The second-order valence-electron chi connectivity index (χ2n) is 5.07. The number of nitrogens with one attached hydrogen (secondary N) is 1. The lowest BCUT2D eigenvalue weighted by atomic mass is 9.92. The summed E-state index contributed by atoms with van der Waals surface area (Å²) in [6, 6.07) is 4.93. The van der Waals surface area contributed by atoms with E-state index in [2.05, 4.69) is 5.43 Å². The van der Waals surface area contributed by atoms with Crippen molar-refractivity contribution in [1.82, 2.24) is 5.43 Å². The minimum absolute atomic E-state index is 0.0703. The van der Waals surface area contributed by atoms with Crippen molar-refractivity contribution in [3.05, 3.63) is 33.8 Å². The molecule has 1 saturated carbocycles. The van der Waals surface area contributed by atoms with E-state index in [1.807, 2.05) is 0 Å². The van der Waals surface area contributed by atoms with Crippen LogP contribution >= 0.6 is 23.2 Å². The van der Waals surface area contributed by atoms with E-state index in [9.17, 15) is 8.78 Å². The summed E-state index contributed by atoms with van der Waals surface area (Å²) < 4.78 is 26.5. The zero-order valence-corrected chi connectivity index (χ0v) is 11.8. The van der Waals surface area contributed by atoms with E-state index >= 15 is 0 Å². The molecule has 1 aliphatic rings. The van der Waals surface area contributed by atoms with Gasteiger partial charge in [0.25, 0.3) is 0 Å². The van der Waals surface area contributed by atoms with Gasteiger partial charge in [-0.2, -0.15) is 0 Å². The van der Waals surface area contributed by atoms with Gasteiger partial charge in [0.05, 0.1) is 0 Å². The lowest BCUT2D eigenvalue weighted by Gasteiger charge is -2.23. The molecule has 0 aliphatic heterocycles. The first-order valence-corrected chi connectivity index (χ1v) is 6.95. The lowest BCUT2D eigenvalue weighted by Crippen LogP contribution is -2.42. The van der Waals surface area contributed by atoms with Gasteiger partial charge in [-0.25, -0.2) is 8.78 Å². The molecule has 0 bridgehead atoms. The molecule has 0 amide bonds. The van der Waals surface area contributed by atoms with Crippen molar-refractivity contribution in [3.63, 3.8) is 0 Å². The third-order valence-corrected chi connectivity index (χ3v) is 4.28. The highest BCUT2D eigenvalue weighted by Crippen LogP contribution is 2.41. The van der Waals surface area contributed by atoms with Crippen LogP contribution in [0.15, 0.2) is 18.2 Å². The second-order valence-corrected chi connectivity index (χ2v) is 5.92. The number of rotatable bonds is 4. The normalized spacial score (nSPS) is 23.5. The third kappa shape index (κ3) is 3.78. The molecule has 1 aliphatic carbocycles. The Morgan fingerprint density at radius 3 is 2.74 bits per heavy atom. The van der Waals surface area contributed by atoms with Gasteiger partial charge in [0.2, 0.25) is 5.92 Å². The van der Waals surface area contributed by atoms with Crippen LogP contribution in [0.25, 0.3) is 0 Å². The number of nitrogens with two attached hydrogens (primary N) is 1. The summed E-state index contributed by atoms with van der Waals surface area (Å²) in [4.78, 5) is 0. The minimum atomic E-state index is -2.57. The standard InChI is InChI=1S/C13H16Cl2F2N2/c14-10-1-2-11(15)9(5-10)6-12(19-18)8-3-4-13(16,17)7-8/h1-2,5,8,12,19H,3-4,6-7,18H2. The molecule has 0 radical (unpaired) electrons. The van der Waals surface area contributed by atoms with Gasteiger partial charge in [0, 0.05) is 28.9 Å². The number of hydrazine groups is 1. The Hall–Kier alpha value is -0.420. The first-order valence-electron chi connectivity index (χ1n) is 6.19. The average molecular weight is 309 g/mol. The number of hydrogen-bond acceptors (Lipinski definition) is 2. The van der Waals surface area contributed by atoms with Gasteiger partial charge in [-0.05, 0) is 42.5 Å². The first-order chi connectivity index (χ1) is 8.91. The highest BCUT2D eigenvalue weighted by atomic mass is 35.5. The molecule has 0 aromatic heterocycles. The Morgan fingerprint density at radius 2 is 2.16 bits per heavy atom. The average Bonchev–Trinajstić information content (AvgIpc) is 2.70. The highest BCUT2D eigenvalue weighted by molar-refractivity contribution is 6.33. The van der Waals surface area contributed by atoms with Crippen LogP contribution in [0.4, 0.5) is 8.78 Å². The molecule has 106 valence electrons. The van der Waals surface area contributed by atoms with E-state index in [0.717, 1.165) is 5.56 Å². The van der Waals surface area contributed by atoms with Crippen molar-refractivity contribution in [3.8, 4) is 0 Å². The topological polar surface area (TPSA) is 38.0 Å². The predicted octanol–water partition coefficient (Wildman–Crippen LogP) is 3.80. The van der Waals surface area contributed by atoms with Gasteiger partial charge in [-0.1, -0.05) is 23.2 Å². The summed E-state index contributed by atoms with van der Waals surface area (Å²) in [5.74, 6) is 2.79.